The highest BCUT2D eigenvalue weighted by Crippen LogP contribution is 2.39. The molecule has 0 aliphatic carbocycles. The highest BCUT2D eigenvalue weighted by Gasteiger charge is 2.38. The van der Waals surface area contributed by atoms with Crippen LogP contribution in [0.4, 0.5) is 13.2 Å². The van der Waals surface area contributed by atoms with Gasteiger partial charge in [0, 0.05) is 6.54 Å². The van der Waals surface area contributed by atoms with Crippen LogP contribution < -0.4 is 16.6 Å². The summed E-state index contributed by atoms with van der Waals surface area (Å²) < 4.78 is 87.4. The van der Waals surface area contributed by atoms with Crippen molar-refractivity contribution in [3.8, 4) is 22.5 Å². The number of carboxylic acid groups (broad SMARTS) is 1. The van der Waals surface area contributed by atoms with Crippen molar-refractivity contribution in [2.75, 3.05) is 12.3 Å². The van der Waals surface area contributed by atoms with E-state index >= 15 is 0 Å². The molecule has 0 saturated heterocycles. The van der Waals surface area contributed by atoms with Gasteiger partial charge in [0.1, 0.15) is 4.90 Å². The molecule has 0 fully saturated rings. The van der Waals surface area contributed by atoms with E-state index in [0.29, 0.717) is 11.1 Å². The third-order valence-electron chi connectivity index (χ3n) is 4.67. The molecule has 38 heavy (non-hydrogen) atoms. The first-order valence-corrected chi connectivity index (χ1v) is 13.1. The molecule has 0 bridgehead atoms. The summed E-state index contributed by atoms with van der Waals surface area (Å²) in [6.45, 7) is -0.227. The lowest BCUT2D eigenvalue weighted by Gasteiger charge is -2.16. The van der Waals surface area contributed by atoms with Crippen molar-refractivity contribution in [1.29, 1.82) is 0 Å². The summed E-state index contributed by atoms with van der Waals surface area (Å²) in [7, 11) is -8.68. The van der Waals surface area contributed by atoms with Gasteiger partial charge in [-0.25, -0.2) is 31.6 Å². The second-order valence-corrected chi connectivity index (χ2v) is 10.8. The topological polar surface area (TPSA) is 258 Å². The number of sulfonamides is 1. The molecule has 204 valence electrons. The molecule has 0 unspecified atom stereocenters. The first kappa shape index (κ1) is 28.4. The van der Waals surface area contributed by atoms with Crippen LogP contribution in [0.3, 0.4) is 0 Å². The number of primary sulfonamides is 1. The van der Waals surface area contributed by atoms with Crippen LogP contribution in [0, 0.1) is 0 Å². The smallest absolute Gasteiger partial charge is 0.475 e. The SMILES string of the molecule is NCCS(=O)(=O)c1ccc(-c2ccc3[nH]c(=O)oc3c2)c(-c2nn[nH]n2)c1S(N)(=O)=O.O=C(O)C(F)(F)F. The Kier molecular flexibility index (Phi) is 7.72. The quantitative estimate of drug-likeness (QED) is 0.202. The number of aliphatic carboxylic acids is 1. The molecule has 0 amide bonds. The number of halogens is 3. The van der Waals surface area contributed by atoms with Crippen molar-refractivity contribution in [2.45, 2.75) is 16.0 Å². The van der Waals surface area contributed by atoms with Crippen LogP contribution in [0.15, 0.2) is 49.3 Å². The van der Waals surface area contributed by atoms with Gasteiger partial charge in [0.15, 0.2) is 15.4 Å². The average Bonchev–Trinajstić information content (AvgIpc) is 3.45. The zero-order valence-corrected chi connectivity index (χ0v) is 20.2. The Balaban J connectivity index is 0.000000505. The number of oxazole rings is 1. The average molecular weight is 579 g/mol. The van der Waals surface area contributed by atoms with Gasteiger partial charge in [0.2, 0.25) is 15.8 Å². The van der Waals surface area contributed by atoms with Crippen LogP contribution >= 0.6 is 0 Å². The van der Waals surface area contributed by atoms with Crippen molar-refractivity contribution < 1.29 is 44.3 Å². The van der Waals surface area contributed by atoms with Crippen LogP contribution in [-0.2, 0) is 24.7 Å². The Morgan fingerprint density at radius 3 is 2.32 bits per heavy atom. The summed E-state index contributed by atoms with van der Waals surface area (Å²) in [6, 6.07) is 7.11. The normalized spacial score (nSPS) is 12.2. The zero-order valence-electron chi connectivity index (χ0n) is 18.6. The van der Waals surface area contributed by atoms with E-state index in [1.807, 2.05) is 0 Å². The number of tetrazole rings is 1. The molecule has 0 radical (unpaired) electrons. The molecular formula is C18H16F3N7O8S2. The number of fused-ring (bicyclic) bond motifs is 1. The van der Waals surface area contributed by atoms with E-state index in [-0.39, 0.29) is 29.1 Å². The van der Waals surface area contributed by atoms with Gasteiger partial charge in [-0.3, -0.25) is 4.98 Å². The summed E-state index contributed by atoms with van der Waals surface area (Å²) in [6.07, 6.45) is -5.08. The molecule has 0 atom stereocenters. The standard InChI is InChI=1S/C16H15N7O6S2.C2HF3O2/c17-5-6-30(25,26)12-4-2-9(8-1-3-10-11(7-8)29-16(24)19-10)13(14(12)31(18,27)28)15-20-22-23-21-15;3-2(4,5)1(6)7/h1-4,7H,5-6,17H2,(H,19,24)(H2,18,27,28)(H,20,21,22,23);(H,6,7). The van der Waals surface area contributed by atoms with Crippen molar-refractivity contribution in [3.63, 3.8) is 0 Å². The van der Waals surface area contributed by atoms with E-state index in [1.54, 1.807) is 12.1 Å². The van der Waals surface area contributed by atoms with Crippen LogP contribution in [-0.4, -0.2) is 72.0 Å². The fraction of sp³-hybridized carbons (Fsp3) is 0.167. The van der Waals surface area contributed by atoms with Crippen molar-refractivity contribution in [2.24, 2.45) is 10.9 Å². The van der Waals surface area contributed by atoms with Gasteiger partial charge in [-0.1, -0.05) is 12.1 Å². The Bertz CT molecular complexity index is 1760. The predicted molar refractivity (Wildman–Crippen MR) is 122 cm³/mol. The minimum atomic E-state index is -5.08. The van der Waals surface area contributed by atoms with Crippen molar-refractivity contribution >= 4 is 36.9 Å². The van der Waals surface area contributed by atoms with E-state index in [1.165, 1.54) is 12.1 Å². The lowest BCUT2D eigenvalue weighted by molar-refractivity contribution is -0.192. The molecule has 2 aromatic heterocycles. The molecule has 4 rings (SSSR count). The lowest BCUT2D eigenvalue weighted by Crippen LogP contribution is -2.22. The van der Waals surface area contributed by atoms with Crippen LogP contribution in [0.25, 0.3) is 33.6 Å². The van der Waals surface area contributed by atoms with E-state index in [4.69, 9.17) is 25.2 Å². The fourth-order valence-electron chi connectivity index (χ4n) is 3.20. The summed E-state index contributed by atoms with van der Waals surface area (Å²) in [5.74, 6) is -4.12. The largest absolute Gasteiger partial charge is 0.490 e. The summed E-state index contributed by atoms with van der Waals surface area (Å²) in [4.78, 5) is 21.6. The van der Waals surface area contributed by atoms with Crippen LogP contribution in [0.5, 0.6) is 0 Å². The van der Waals surface area contributed by atoms with Gasteiger partial charge < -0.3 is 15.3 Å². The summed E-state index contributed by atoms with van der Waals surface area (Å²) in [5.41, 5.74) is 6.45. The number of nitrogens with one attached hydrogen (secondary N) is 2. The van der Waals surface area contributed by atoms with Gasteiger partial charge in [0.05, 0.1) is 21.7 Å². The molecular weight excluding hydrogens is 563 g/mol. The van der Waals surface area contributed by atoms with Gasteiger partial charge >= 0.3 is 17.9 Å². The van der Waals surface area contributed by atoms with Crippen molar-refractivity contribution in [1.82, 2.24) is 25.6 Å². The molecule has 0 saturated carbocycles. The predicted octanol–water partition coefficient (Wildman–Crippen LogP) is -0.0187. The summed E-state index contributed by atoms with van der Waals surface area (Å²) in [5, 5.41) is 25.8. The number of rotatable bonds is 6. The number of aromatic nitrogens is 5. The number of aromatic amines is 2. The maximum atomic E-state index is 12.7. The maximum absolute atomic E-state index is 12.7. The maximum Gasteiger partial charge on any atom is 0.490 e. The van der Waals surface area contributed by atoms with E-state index in [2.05, 4.69) is 25.6 Å². The number of hydrogen-bond donors (Lipinski definition) is 5. The number of carboxylic acids is 1. The number of hydrogen-bond acceptors (Lipinski definition) is 11. The zero-order chi connectivity index (χ0) is 28.5. The Hall–Kier alpha value is -4.14. The summed E-state index contributed by atoms with van der Waals surface area (Å²) >= 11 is 0. The van der Waals surface area contributed by atoms with E-state index < -0.39 is 53.3 Å². The number of nitrogens with zero attached hydrogens (tertiary/aromatic N) is 3. The van der Waals surface area contributed by atoms with Crippen LogP contribution in [0.2, 0.25) is 0 Å². The fourth-order valence-corrected chi connectivity index (χ4v) is 5.95. The number of benzene rings is 2. The van der Waals surface area contributed by atoms with Crippen LogP contribution in [0.1, 0.15) is 0 Å². The molecule has 4 aromatic rings. The first-order chi connectivity index (χ1) is 17.6. The van der Waals surface area contributed by atoms with E-state index in [9.17, 15) is 34.8 Å². The number of nitrogens with two attached hydrogens (primary N) is 2. The second kappa shape index (κ2) is 10.3. The van der Waals surface area contributed by atoms with Gasteiger partial charge in [0.25, 0.3) is 0 Å². The van der Waals surface area contributed by atoms with E-state index in [0.717, 1.165) is 6.07 Å². The Labute approximate surface area is 209 Å². The number of carbonyl (C=O) groups is 1. The van der Waals surface area contributed by atoms with Gasteiger partial charge in [-0.05, 0) is 34.5 Å². The lowest BCUT2D eigenvalue weighted by atomic mass is 9.99. The Morgan fingerprint density at radius 1 is 1.13 bits per heavy atom. The molecule has 0 aliphatic heterocycles. The minimum Gasteiger partial charge on any atom is -0.475 e. The molecule has 0 spiro atoms. The van der Waals surface area contributed by atoms with Gasteiger partial charge in [-0.2, -0.15) is 18.4 Å². The molecule has 2 heterocycles. The monoisotopic (exact) mass is 579 g/mol. The molecule has 2 aromatic carbocycles. The second-order valence-electron chi connectivity index (χ2n) is 7.23. The highest BCUT2D eigenvalue weighted by molar-refractivity contribution is 7.93. The first-order valence-electron chi connectivity index (χ1n) is 9.86. The number of H-pyrrole nitrogens is 2. The minimum absolute atomic E-state index is 0.174. The third kappa shape index (κ3) is 6.04. The van der Waals surface area contributed by atoms with Crippen molar-refractivity contribution in [3.05, 3.63) is 40.9 Å². The molecule has 7 N–H and O–H groups in total. The third-order valence-corrected chi connectivity index (χ3v) is 7.58. The Morgan fingerprint density at radius 2 is 1.79 bits per heavy atom. The molecule has 0 aliphatic rings. The molecule has 15 nitrogen and oxygen atoms in total. The van der Waals surface area contributed by atoms with Gasteiger partial charge in [-0.15, -0.1) is 10.2 Å². The molecule has 20 heteroatoms. The number of alkyl halides is 3. The number of sulfone groups is 1. The highest BCUT2D eigenvalue weighted by atomic mass is 32.2.